The van der Waals surface area contributed by atoms with Crippen LogP contribution in [-0.4, -0.2) is 22.5 Å². The van der Waals surface area contributed by atoms with E-state index in [-0.39, 0.29) is 17.3 Å². The van der Waals surface area contributed by atoms with Crippen LogP contribution >= 0.6 is 11.3 Å². The number of aryl methyl sites for hydroxylation is 1. The number of nitrogens with one attached hydrogen (secondary N) is 1. The van der Waals surface area contributed by atoms with E-state index in [4.69, 9.17) is 4.74 Å². The molecule has 0 saturated heterocycles. The summed E-state index contributed by atoms with van der Waals surface area (Å²) in [6.07, 6.45) is -0.916. The van der Waals surface area contributed by atoms with Gasteiger partial charge in [-0.2, -0.15) is 0 Å². The summed E-state index contributed by atoms with van der Waals surface area (Å²) in [5.41, 5.74) is 1.65. The van der Waals surface area contributed by atoms with Gasteiger partial charge in [0.2, 0.25) is 0 Å². The van der Waals surface area contributed by atoms with Crippen molar-refractivity contribution < 1.29 is 14.3 Å². The summed E-state index contributed by atoms with van der Waals surface area (Å²) in [6, 6.07) is 9.44. The lowest BCUT2D eigenvalue weighted by molar-refractivity contribution is -0.155. The smallest absolute Gasteiger partial charge is 0.326 e. The van der Waals surface area contributed by atoms with Crippen LogP contribution in [0.4, 0.5) is 0 Å². The van der Waals surface area contributed by atoms with Gasteiger partial charge in [0.05, 0.1) is 0 Å². The number of thiazole rings is 1. The Balaban J connectivity index is 1.83. The zero-order chi connectivity index (χ0) is 16.8. The number of carbonyl (C=O) groups is 2. The third-order valence-corrected chi connectivity index (χ3v) is 4.13. The molecule has 1 aromatic carbocycles. The van der Waals surface area contributed by atoms with Gasteiger partial charge in [-0.1, -0.05) is 41.7 Å². The molecule has 1 aromatic heterocycles. The largest absolute Gasteiger partial charge is 0.451 e. The highest BCUT2D eigenvalue weighted by Crippen LogP contribution is 2.02. The highest BCUT2D eigenvalue weighted by atomic mass is 32.1. The summed E-state index contributed by atoms with van der Waals surface area (Å²) in [5.74, 6) is -0.993. The molecule has 0 unspecified atom stereocenters. The molecule has 2 aromatic rings. The SMILES string of the molecule is Cc1csc(=O)n1CC(=O)O[C@@H](C)C(=O)NCc1ccccc1. The average molecular weight is 334 g/mol. The molecular weight excluding hydrogens is 316 g/mol. The van der Waals surface area contributed by atoms with E-state index >= 15 is 0 Å². The normalized spacial score (nSPS) is 11.7. The van der Waals surface area contributed by atoms with Gasteiger partial charge in [0.15, 0.2) is 6.10 Å². The maximum absolute atomic E-state index is 11.9. The minimum atomic E-state index is -0.916. The summed E-state index contributed by atoms with van der Waals surface area (Å²) >= 11 is 1.02. The monoisotopic (exact) mass is 334 g/mol. The molecular formula is C16H18N2O4S. The van der Waals surface area contributed by atoms with Crippen LogP contribution in [0.3, 0.4) is 0 Å². The highest BCUT2D eigenvalue weighted by molar-refractivity contribution is 7.07. The third kappa shape index (κ3) is 4.79. The molecule has 1 atom stereocenters. The van der Waals surface area contributed by atoms with Crippen LogP contribution in [0.25, 0.3) is 0 Å². The van der Waals surface area contributed by atoms with Crippen LogP contribution < -0.4 is 10.2 Å². The van der Waals surface area contributed by atoms with Gasteiger partial charge >= 0.3 is 10.8 Å². The fourth-order valence-corrected chi connectivity index (χ4v) is 2.68. The first-order valence-electron chi connectivity index (χ1n) is 7.13. The lowest BCUT2D eigenvalue weighted by Gasteiger charge is -2.14. The third-order valence-electron chi connectivity index (χ3n) is 3.25. The predicted octanol–water partition coefficient (Wildman–Crippen LogP) is 1.47. The molecule has 0 aliphatic rings. The van der Waals surface area contributed by atoms with E-state index < -0.39 is 12.1 Å². The van der Waals surface area contributed by atoms with Crippen LogP contribution in [0.2, 0.25) is 0 Å². The summed E-state index contributed by atoms with van der Waals surface area (Å²) in [6.45, 7) is 3.41. The first-order chi connectivity index (χ1) is 11.0. The van der Waals surface area contributed by atoms with E-state index in [0.717, 1.165) is 16.9 Å². The second-order valence-corrected chi connectivity index (χ2v) is 5.89. The van der Waals surface area contributed by atoms with E-state index in [0.29, 0.717) is 12.2 Å². The molecule has 6 nitrogen and oxygen atoms in total. The number of aromatic nitrogens is 1. The van der Waals surface area contributed by atoms with Crippen LogP contribution in [0.1, 0.15) is 18.2 Å². The Labute approximate surface area is 137 Å². The number of rotatable bonds is 6. The van der Waals surface area contributed by atoms with Gasteiger partial charge in [0.25, 0.3) is 5.91 Å². The number of ether oxygens (including phenoxy) is 1. The Bertz CT molecular complexity index is 736. The van der Waals surface area contributed by atoms with E-state index in [1.165, 1.54) is 11.5 Å². The predicted molar refractivity (Wildman–Crippen MR) is 87.2 cm³/mol. The molecule has 1 amide bonds. The van der Waals surface area contributed by atoms with Crippen LogP contribution in [0.15, 0.2) is 40.5 Å². The summed E-state index contributed by atoms with van der Waals surface area (Å²) < 4.78 is 6.40. The van der Waals surface area contributed by atoms with Gasteiger partial charge in [-0.05, 0) is 19.4 Å². The molecule has 0 bridgehead atoms. The van der Waals surface area contributed by atoms with E-state index in [1.807, 2.05) is 30.3 Å². The van der Waals surface area contributed by atoms with Gasteiger partial charge in [0.1, 0.15) is 6.54 Å². The van der Waals surface area contributed by atoms with Crippen molar-refractivity contribution in [1.29, 1.82) is 0 Å². The van der Waals surface area contributed by atoms with Crippen LogP contribution in [-0.2, 0) is 27.4 Å². The maximum Gasteiger partial charge on any atom is 0.326 e. The lowest BCUT2D eigenvalue weighted by Crippen LogP contribution is -2.36. The number of carbonyl (C=O) groups excluding carboxylic acids is 2. The van der Waals surface area contributed by atoms with Crippen molar-refractivity contribution in [2.45, 2.75) is 33.0 Å². The zero-order valence-corrected chi connectivity index (χ0v) is 13.8. The molecule has 1 N–H and O–H groups in total. The van der Waals surface area contributed by atoms with Gasteiger partial charge in [-0.3, -0.25) is 19.0 Å². The Morgan fingerprint density at radius 1 is 1.30 bits per heavy atom. The summed E-state index contributed by atoms with van der Waals surface area (Å²) in [4.78, 5) is 35.1. The number of hydrogen-bond acceptors (Lipinski definition) is 5. The summed E-state index contributed by atoms with van der Waals surface area (Å²) in [5, 5.41) is 4.38. The standard InChI is InChI=1S/C16H18N2O4S/c1-11-10-23-16(21)18(11)9-14(19)22-12(2)15(20)17-8-13-6-4-3-5-7-13/h3-7,10,12H,8-9H2,1-2H3,(H,17,20)/t12-/m0/s1. The van der Waals surface area contributed by atoms with E-state index in [9.17, 15) is 14.4 Å². The van der Waals surface area contributed by atoms with Crippen molar-refractivity contribution in [3.05, 3.63) is 56.6 Å². The van der Waals surface area contributed by atoms with E-state index in [2.05, 4.69) is 5.32 Å². The van der Waals surface area contributed by atoms with Crippen molar-refractivity contribution in [3.63, 3.8) is 0 Å². The molecule has 0 fully saturated rings. The van der Waals surface area contributed by atoms with Crippen molar-refractivity contribution in [2.24, 2.45) is 0 Å². The van der Waals surface area contributed by atoms with Gasteiger partial charge in [-0.25, -0.2) is 0 Å². The molecule has 1 heterocycles. The van der Waals surface area contributed by atoms with Crippen molar-refractivity contribution in [3.8, 4) is 0 Å². The Morgan fingerprint density at radius 2 is 2.00 bits per heavy atom. The van der Waals surface area contributed by atoms with Crippen LogP contribution in [0.5, 0.6) is 0 Å². The number of benzene rings is 1. The highest BCUT2D eigenvalue weighted by Gasteiger charge is 2.18. The minimum absolute atomic E-state index is 0.190. The second kappa shape index (κ2) is 7.73. The molecule has 0 radical (unpaired) electrons. The number of amides is 1. The zero-order valence-electron chi connectivity index (χ0n) is 12.9. The molecule has 7 heteroatoms. The Kier molecular flexibility index (Phi) is 5.70. The molecule has 0 aliphatic heterocycles. The second-order valence-electron chi connectivity index (χ2n) is 5.06. The summed E-state index contributed by atoms with van der Waals surface area (Å²) in [7, 11) is 0. The van der Waals surface area contributed by atoms with Gasteiger partial charge < -0.3 is 10.1 Å². The molecule has 122 valence electrons. The number of nitrogens with zero attached hydrogens (tertiary/aromatic N) is 1. The maximum atomic E-state index is 11.9. The fourth-order valence-electron chi connectivity index (χ4n) is 1.94. The van der Waals surface area contributed by atoms with Crippen molar-refractivity contribution in [1.82, 2.24) is 9.88 Å². The first-order valence-corrected chi connectivity index (χ1v) is 8.01. The first kappa shape index (κ1) is 17.0. The minimum Gasteiger partial charge on any atom is -0.451 e. The molecule has 0 saturated carbocycles. The lowest BCUT2D eigenvalue weighted by atomic mass is 10.2. The molecule has 2 rings (SSSR count). The number of esters is 1. The van der Waals surface area contributed by atoms with E-state index in [1.54, 1.807) is 12.3 Å². The van der Waals surface area contributed by atoms with Gasteiger partial charge in [-0.15, -0.1) is 0 Å². The fraction of sp³-hybridized carbons (Fsp3) is 0.312. The topological polar surface area (TPSA) is 77.4 Å². The quantitative estimate of drug-likeness (QED) is 0.812. The molecule has 0 spiro atoms. The Morgan fingerprint density at radius 3 is 2.61 bits per heavy atom. The van der Waals surface area contributed by atoms with Crippen molar-refractivity contribution >= 4 is 23.2 Å². The van der Waals surface area contributed by atoms with Gasteiger partial charge in [0, 0.05) is 17.6 Å². The number of hydrogen-bond donors (Lipinski definition) is 1. The molecule has 23 heavy (non-hydrogen) atoms. The van der Waals surface area contributed by atoms with Crippen molar-refractivity contribution in [2.75, 3.05) is 0 Å². The van der Waals surface area contributed by atoms with Crippen LogP contribution in [0, 0.1) is 6.92 Å². The average Bonchev–Trinajstić information content (AvgIpc) is 2.85. The molecule has 0 aliphatic carbocycles. The Hall–Kier alpha value is -2.41.